The van der Waals surface area contributed by atoms with Crippen molar-refractivity contribution in [2.24, 2.45) is 10.2 Å². The van der Waals surface area contributed by atoms with Crippen molar-refractivity contribution in [2.45, 2.75) is 9.79 Å². The number of sulfone groups is 1. The molecule has 3 aromatic rings. The SMILES string of the molecule is O=S(=O)(O)OCCS(=O)(=O)c1ccc(N=Nc2c(S(=O)(=O)O)cc3ccccc3c2O)cc1. The van der Waals surface area contributed by atoms with Gasteiger partial charge in [0.1, 0.15) is 10.6 Å². The summed E-state index contributed by atoms with van der Waals surface area (Å²) in [7, 11) is -13.5. The van der Waals surface area contributed by atoms with E-state index in [-0.39, 0.29) is 16.0 Å². The number of nitrogens with zero attached hydrogens (tertiary/aromatic N) is 2. The van der Waals surface area contributed by atoms with Crippen molar-refractivity contribution in [1.29, 1.82) is 0 Å². The topological polar surface area (TPSA) is 197 Å². The van der Waals surface area contributed by atoms with Gasteiger partial charge >= 0.3 is 10.4 Å². The van der Waals surface area contributed by atoms with Gasteiger partial charge in [0.15, 0.2) is 15.6 Å². The van der Waals surface area contributed by atoms with Gasteiger partial charge < -0.3 is 5.11 Å². The maximum Gasteiger partial charge on any atom is 0.397 e. The first-order valence-corrected chi connectivity index (χ1v) is 13.3. The van der Waals surface area contributed by atoms with Crippen molar-refractivity contribution >= 4 is 52.5 Å². The summed E-state index contributed by atoms with van der Waals surface area (Å²) in [6.07, 6.45) is 0. The van der Waals surface area contributed by atoms with Crippen molar-refractivity contribution in [2.75, 3.05) is 12.4 Å². The Balaban J connectivity index is 1.91. The van der Waals surface area contributed by atoms with Gasteiger partial charge in [0.05, 0.1) is 22.9 Å². The molecule has 3 rings (SSSR count). The molecule has 0 radical (unpaired) electrons. The zero-order valence-electron chi connectivity index (χ0n) is 16.4. The fourth-order valence-corrected chi connectivity index (χ4v) is 4.93. The lowest BCUT2D eigenvalue weighted by Gasteiger charge is -2.08. The van der Waals surface area contributed by atoms with Crippen LogP contribution in [0.5, 0.6) is 5.75 Å². The molecule has 0 fully saturated rings. The van der Waals surface area contributed by atoms with Crippen LogP contribution < -0.4 is 0 Å². The number of fused-ring (bicyclic) bond motifs is 1. The fraction of sp³-hybridized carbons (Fsp3) is 0.111. The fourth-order valence-electron chi connectivity index (χ4n) is 2.78. The maximum atomic E-state index is 12.2. The molecule has 0 unspecified atom stereocenters. The van der Waals surface area contributed by atoms with Crippen LogP contribution in [0.25, 0.3) is 10.8 Å². The molecule has 15 heteroatoms. The summed E-state index contributed by atoms with van der Waals surface area (Å²) in [5.41, 5.74) is -0.424. The third-order valence-electron chi connectivity index (χ3n) is 4.28. The van der Waals surface area contributed by atoms with Gasteiger partial charge in [0, 0.05) is 5.39 Å². The highest BCUT2D eigenvalue weighted by molar-refractivity contribution is 7.91. The highest BCUT2D eigenvalue weighted by atomic mass is 32.3. The number of hydrogen-bond donors (Lipinski definition) is 3. The van der Waals surface area contributed by atoms with Crippen molar-refractivity contribution in [3.05, 3.63) is 54.6 Å². The zero-order valence-corrected chi connectivity index (χ0v) is 18.9. The summed E-state index contributed by atoms with van der Waals surface area (Å²) in [5, 5.41) is 18.6. The summed E-state index contributed by atoms with van der Waals surface area (Å²) in [4.78, 5) is -0.868. The van der Waals surface area contributed by atoms with Gasteiger partial charge in [-0.15, -0.1) is 5.11 Å². The standard InChI is InChI=1S/C18H16N2O10S3/c21-18-15-4-2-1-3-12(15)11-16(32(24,25)26)17(18)20-19-13-5-7-14(8-6-13)31(22,23)10-9-30-33(27,28)29/h1-8,11,21H,9-10H2,(H,24,25,26)(H,27,28,29). The molecule has 0 saturated heterocycles. The van der Waals surface area contributed by atoms with Crippen molar-refractivity contribution in [3.63, 3.8) is 0 Å². The number of rotatable bonds is 8. The van der Waals surface area contributed by atoms with E-state index >= 15 is 0 Å². The van der Waals surface area contributed by atoms with E-state index in [0.29, 0.717) is 5.39 Å². The molecule has 33 heavy (non-hydrogen) atoms. The van der Waals surface area contributed by atoms with Gasteiger partial charge in [0.2, 0.25) is 0 Å². The number of benzene rings is 3. The van der Waals surface area contributed by atoms with Gasteiger partial charge in [-0.3, -0.25) is 9.11 Å². The summed E-state index contributed by atoms with van der Waals surface area (Å²) in [6.45, 7) is -0.789. The van der Waals surface area contributed by atoms with Gasteiger partial charge in [0.25, 0.3) is 10.1 Å². The Morgan fingerprint density at radius 1 is 0.848 bits per heavy atom. The Kier molecular flexibility index (Phi) is 6.83. The molecule has 0 aliphatic carbocycles. The molecule has 0 aliphatic rings. The summed E-state index contributed by atoms with van der Waals surface area (Å²) < 4.78 is 91.0. The predicted molar refractivity (Wildman–Crippen MR) is 116 cm³/mol. The van der Waals surface area contributed by atoms with E-state index in [9.17, 15) is 34.9 Å². The molecule has 0 aromatic heterocycles. The highest BCUT2D eigenvalue weighted by Crippen LogP contribution is 2.41. The van der Waals surface area contributed by atoms with Crippen LogP contribution in [0.4, 0.5) is 11.4 Å². The Labute approximate surface area is 188 Å². The summed E-state index contributed by atoms with van der Waals surface area (Å²) in [6, 6.07) is 12.1. The molecule has 0 aliphatic heterocycles. The van der Waals surface area contributed by atoms with E-state index in [1.54, 1.807) is 12.1 Å². The molecule has 0 bridgehead atoms. The van der Waals surface area contributed by atoms with E-state index in [0.717, 1.165) is 18.2 Å². The minimum Gasteiger partial charge on any atom is -0.505 e. The molecule has 3 aromatic carbocycles. The lowest BCUT2D eigenvalue weighted by Crippen LogP contribution is -2.15. The Morgan fingerprint density at radius 2 is 1.48 bits per heavy atom. The van der Waals surface area contributed by atoms with E-state index in [2.05, 4.69) is 14.4 Å². The highest BCUT2D eigenvalue weighted by Gasteiger charge is 2.22. The molecule has 176 valence electrons. The lowest BCUT2D eigenvalue weighted by molar-refractivity contribution is 0.284. The van der Waals surface area contributed by atoms with Crippen LogP contribution in [0.2, 0.25) is 0 Å². The average molecular weight is 517 g/mol. The van der Waals surface area contributed by atoms with E-state index in [4.69, 9.17) is 4.55 Å². The van der Waals surface area contributed by atoms with E-state index in [1.165, 1.54) is 24.3 Å². The quantitative estimate of drug-likeness (QED) is 0.295. The largest absolute Gasteiger partial charge is 0.505 e. The summed E-state index contributed by atoms with van der Waals surface area (Å²) in [5.74, 6) is -1.25. The van der Waals surface area contributed by atoms with Crippen LogP contribution >= 0.6 is 0 Å². The first kappa shape index (κ1) is 24.7. The van der Waals surface area contributed by atoms with Crippen molar-refractivity contribution < 1.29 is 43.6 Å². The van der Waals surface area contributed by atoms with Gasteiger partial charge in [-0.05, 0) is 35.7 Å². The second-order valence-electron chi connectivity index (χ2n) is 6.53. The first-order chi connectivity index (χ1) is 15.3. The minimum absolute atomic E-state index is 0.0805. The maximum absolute atomic E-state index is 12.2. The average Bonchev–Trinajstić information content (AvgIpc) is 2.71. The Morgan fingerprint density at radius 3 is 2.09 bits per heavy atom. The number of phenolic OH excluding ortho intramolecular Hbond substituents is 1. The smallest absolute Gasteiger partial charge is 0.397 e. The van der Waals surface area contributed by atoms with Gasteiger partial charge in [-0.2, -0.15) is 21.9 Å². The molecule has 0 saturated carbocycles. The monoisotopic (exact) mass is 516 g/mol. The second kappa shape index (κ2) is 9.12. The summed E-state index contributed by atoms with van der Waals surface area (Å²) >= 11 is 0. The molecule has 0 atom stereocenters. The number of phenols is 1. The van der Waals surface area contributed by atoms with Gasteiger partial charge in [-0.25, -0.2) is 12.6 Å². The van der Waals surface area contributed by atoms with Crippen molar-refractivity contribution in [3.8, 4) is 5.75 Å². The zero-order chi connectivity index (χ0) is 24.4. The number of aromatic hydroxyl groups is 1. The normalized spacial score (nSPS) is 13.0. The third-order valence-corrected chi connectivity index (χ3v) is 7.31. The van der Waals surface area contributed by atoms with Crippen LogP contribution in [-0.4, -0.2) is 51.8 Å². The molecule has 3 N–H and O–H groups in total. The second-order valence-corrected chi connectivity index (χ2v) is 11.1. The molecule has 12 nitrogen and oxygen atoms in total. The Hall–Kier alpha value is -2.95. The Bertz CT molecular complexity index is 1550. The van der Waals surface area contributed by atoms with Crippen LogP contribution in [0.3, 0.4) is 0 Å². The molecule has 0 heterocycles. The van der Waals surface area contributed by atoms with Crippen LogP contribution in [0.15, 0.2) is 74.6 Å². The van der Waals surface area contributed by atoms with Crippen LogP contribution in [-0.2, 0) is 34.5 Å². The van der Waals surface area contributed by atoms with Crippen LogP contribution in [0.1, 0.15) is 0 Å². The van der Waals surface area contributed by atoms with Gasteiger partial charge in [-0.1, -0.05) is 24.3 Å². The molecular formula is C18H16N2O10S3. The third kappa shape index (κ3) is 6.10. The van der Waals surface area contributed by atoms with Crippen LogP contribution in [0, 0.1) is 0 Å². The first-order valence-electron chi connectivity index (χ1n) is 8.86. The predicted octanol–water partition coefficient (Wildman–Crippen LogP) is 2.80. The molecule has 0 amide bonds. The molecule has 0 spiro atoms. The van der Waals surface area contributed by atoms with Crippen molar-refractivity contribution in [1.82, 2.24) is 0 Å². The molecular weight excluding hydrogens is 500 g/mol. The number of hydrogen-bond acceptors (Lipinski definition) is 10. The van der Waals surface area contributed by atoms with E-state index in [1.807, 2.05) is 0 Å². The minimum atomic E-state index is -4.77. The number of azo groups is 1. The lowest BCUT2D eigenvalue weighted by atomic mass is 10.1. The van der Waals surface area contributed by atoms with E-state index < -0.39 is 59.0 Å².